The molecule has 1 saturated carbocycles. The Hall–Kier alpha value is -6.62. The van der Waals surface area contributed by atoms with Crippen molar-refractivity contribution in [2.75, 3.05) is 19.8 Å². The molecule has 4 aromatic rings. The van der Waals surface area contributed by atoms with E-state index in [1.165, 1.54) is 41.3 Å². The van der Waals surface area contributed by atoms with E-state index >= 15 is 4.79 Å². The number of benzene rings is 4. The fourth-order valence-corrected chi connectivity index (χ4v) is 9.70. The quantitative estimate of drug-likeness (QED) is 0.0331. The number of rotatable bonds is 20. The van der Waals surface area contributed by atoms with Crippen molar-refractivity contribution in [2.45, 2.75) is 102 Å². The highest BCUT2D eigenvalue weighted by Gasteiger charge is 2.66. The summed E-state index contributed by atoms with van der Waals surface area (Å²) in [6, 6.07) is 24.5. The Kier molecular flexibility index (Phi) is 16.5. The SMILES string of the molecule is C=CCOC12Oc3ccc(OC(=O)NCc4ccccc4)cc3C3C(CCCCO)C(CCCCO)C=C(C(=NOC(C)(C)C)CC1N(Cc1ccc(F)cc1)C(=O)Oc1ccc([N+](=O)[O-])cc1)C32. The number of halogens is 1. The molecule has 0 bridgehead atoms. The van der Waals surface area contributed by atoms with E-state index in [2.05, 4.69) is 18.0 Å². The number of carbonyl (C=O) groups excluding carboxylic acids is 2. The Bertz CT molecular complexity index is 2480. The fraction of sp³-hybridized carbons (Fsp3) is 0.415. The van der Waals surface area contributed by atoms with Gasteiger partial charge < -0.3 is 39.3 Å². The van der Waals surface area contributed by atoms with Gasteiger partial charge in [0.25, 0.3) is 5.69 Å². The first kappa shape index (κ1) is 50.3. The molecule has 366 valence electrons. The van der Waals surface area contributed by atoms with Crippen LogP contribution in [0.5, 0.6) is 17.2 Å². The Morgan fingerprint density at radius 1 is 0.942 bits per heavy atom. The third-order valence-corrected chi connectivity index (χ3v) is 12.7. The van der Waals surface area contributed by atoms with Crippen LogP contribution in [0.2, 0.25) is 0 Å². The highest BCUT2D eigenvalue weighted by molar-refractivity contribution is 6.03. The molecule has 1 heterocycles. The molecule has 69 heavy (non-hydrogen) atoms. The van der Waals surface area contributed by atoms with Gasteiger partial charge in [0.2, 0.25) is 5.79 Å². The van der Waals surface area contributed by atoms with Crippen molar-refractivity contribution >= 4 is 23.6 Å². The highest BCUT2D eigenvalue weighted by atomic mass is 19.1. The molecule has 3 aliphatic rings. The van der Waals surface area contributed by atoms with Crippen LogP contribution in [0, 0.1) is 33.7 Å². The van der Waals surface area contributed by atoms with Crippen LogP contribution in [-0.2, 0) is 22.7 Å². The summed E-state index contributed by atoms with van der Waals surface area (Å²) in [4.78, 5) is 47.0. The van der Waals surface area contributed by atoms with Crippen molar-refractivity contribution in [2.24, 2.45) is 22.9 Å². The van der Waals surface area contributed by atoms with Gasteiger partial charge in [-0.2, -0.15) is 0 Å². The summed E-state index contributed by atoms with van der Waals surface area (Å²) in [5.74, 6) is -2.83. The lowest BCUT2D eigenvalue weighted by Crippen LogP contribution is -2.70. The lowest BCUT2D eigenvalue weighted by atomic mass is 9.55. The van der Waals surface area contributed by atoms with E-state index in [9.17, 15) is 29.5 Å². The molecule has 7 rings (SSSR count). The first-order valence-corrected chi connectivity index (χ1v) is 23.5. The average molecular weight is 949 g/mol. The number of nitrogens with zero attached hydrogens (tertiary/aromatic N) is 3. The van der Waals surface area contributed by atoms with Gasteiger partial charge in [-0.15, -0.1) is 6.58 Å². The van der Waals surface area contributed by atoms with E-state index in [1.807, 2.05) is 57.2 Å². The number of nitro benzene ring substituents is 1. The second-order valence-electron chi connectivity index (χ2n) is 18.6. The first-order chi connectivity index (χ1) is 33.2. The zero-order valence-electron chi connectivity index (χ0n) is 39.3. The first-order valence-electron chi connectivity index (χ1n) is 23.5. The molecular weight excluding hydrogens is 888 g/mol. The number of ether oxygens (including phenoxy) is 4. The van der Waals surface area contributed by atoms with Gasteiger partial charge >= 0.3 is 12.2 Å². The van der Waals surface area contributed by atoms with Crippen LogP contribution in [-0.4, -0.2) is 75.2 Å². The molecule has 4 aromatic carbocycles. The molecule has 3 N–H and O–H groups in total. The number of nitro groups is 1. The van der Waals surface area contributed by atoms with Crippen LogP contribution in [0.1, 0.15) is 88.3 Å². The Morgan fingerprint density at radius 2 is 1.64 bits per heavy atom. The average Bonchev–Trinajstić information content (AvgIpc) is 3.33. The minimum Gasteiger partial charge on any atom is -0.459 e. The number of aliphatic hydroxyl groups is 2. The Labute approximate surface area is 401 Å². The molecule has 16 heteroatoms. The fourth-order valence-electron chi connectivity index (χ4n) is 9.70. The van der Waals surface area contributed by atoms with Crippen LogP contribution in [0.3, 0.4) is 0 Å². The predicted octanol–water partition coefficient (Wildman–Crippen LogP) is 10.2. The number of non-ortho nitro benzene ring substituents is 1. The van der Waals surface area contributed by atoms with Gasteiger partial charge in [-0.1, -0.05) is 72.6 Å². The maximum atomic E-state index is 15.0. The third kappa shape index (κ3) is 12.2. The lowest BCUT2D eigenvalue weighted by Gasteiger charge is -2.59. The van der Waals surface area contributed by atoms with Crippen LogP contribution in [0.15, 0.2) is 127 Å². The topological polar surface area (TPSA) is 192 Å². The molecule has 2 aliphatic carbocycles. The molecule has 0 radical (unpaired) electrons. The molecule has 1 fully saturated rings. The third-order valence-electron chi connectivity index (χ3n) is 12.7. The lowest BCUT2D eigenvalue weighted by molar-refractivity contribution is -0.384. The van der Waals surface area contributed by atoms with Gasteiger partial charge in [0.15, 0.2) is 0 Å². The van der Waals surface area contributed by atoms with E-state index in [1.54, 1.807) is 30.3 Å². The van der Waals surface area contributed by atoms with Crippen LogP contribution < -0.4 is 19.5 Å². The standard InChI is InChI=1S/C53H61FN4O11/c1-5-29-65-53-47(57(34-36-17-19-38(54)20-18-36)51(62)67-40-23-21-39(22-24-40)58(63)64)32-45(56-69-52(2,3)4)43-30-37(15-9-11-27-59)42(16-10-12-28-60)48(49(43)53)44-31-41(25-26-46(44)68-53)66-50(61)55-33-35-13-7-6-8-14-35/h5-8,13-14,17-26,30-31,37,42,47-49,59-60H,1,9-12,15-16,27-29,32-34H2,2-4H3,(H,55,61). The van der Waals surface area contributed by atoms with E-state index < -0.39 is 52.2 Å². The van der Waals surface area contributed by atoms with E-state index in [0.29, 0.717) is 49.1 Å². The molecule has 0 saturated heterocycles. The second kappa shape index (κ2) is 22.7. The smallest absolute Gasteiger partial charge is 0.416 e. The summed E-state index contributed by atoms with van der Waals surface area (Å²) in [6.45, 7) is 9.75. The summed E-state index contributed by atoms with van der Waals surface area (Å²) in [7, 11) is 0. The number of aliphatic hydroxyl groups excluding tert-OH is 2. The van der Waals surface area contributed by atoms with Crippen molar-refractivity contribution < 1.29 is 52.9 Å². The van der Waals surface area contributed by atoms with Crippen molar-refractivity contribution in [3.8, 4) is 17.2 Å². The number of hydrogen-bond acceptors (Lipinski definition) is 12. The summed E-state index contributed by atoms with van der Waals surface area (Å²) in [6.07, 6.45) is 6.23. The summed E-state index contributed by atoms with van der Waals surface area (Å²) in [5, 5.41) is 39.2. The second-order valence-corrected chi connectivity index (χ2v) is 18.6. The van der Waals surface area contributed by atoms with Gasteiger partial charge in [0.1, 0.15) is 34.7 Å². The number of amides is 2. The van der Waals surface area contributed by atoms with Gasteiger partial charge in [0.05, 0.1) is 23.2 Å². The molecule has 6 atom stereocenters. The summed E-state index contributed by atoms with van der Waals surface area (Å²) >= 11 is 0. The molecule has 0 spiro atoms. The molecule has 6 unspecified atom stereocenters. The molecule has 0 aromatic heterocycles. The van der Waals surface area contributed by atoms with Gasteiger partial charge in [-0.05, 0) is 117 Å². The molecule has 2 amide bonds. The van der Waals surface area contributed by atoms with E-state index in [-0.39, 0.29) is 68.4 Å². The van der Waals surface area contributed by atoms with Gasteiger partial charge in [-0.3, -0.25) is 15.0 Å². The Morgan fingerprint density at radius 3 is 2.30 bits per heavy atom. The molecule has 1 aliphatic heterocycles. The van der Waals surface area contributed by atoms with Gasteiger partial charge in [0, 0.05) is 56.3 Å². The van der Waals surface area contributed by atoms with Crippen molar-refractivity contribution in [1.82, 2.24) is 10.2 Å². The van der Waals surface area contributed by atoms with Crippen LogP contribution in [0.25, 0.3) is 0 Å². The number of oxime groups is 1. The van der Waals surface area contributed by atoms with E-state index in [0.717, 1.165) is 23.1 Å². The van der Waals surface area contributed by atoms with Crippen LogP contribution >= 0.6 is 0 Å². The van der Waals surface area contributed by atoms with Crippen molar-refractivity contribution in [3.05, 3.63) is 154 Å². The van der Waals surface area contributed by atoms with Crippen molar-refractivity contribution in [3.63, 3.8) is 0 Å². The largest absolute Gasteiger partial charge is 0.459 e. The maximum absolute atomic E-state index is 15.0. The minimum atomic E-state index is -1.70. The zero-order chi connectivity index (χ0) is 49.1. The number of allylic oxidation sites excluding steroid dienone is 1. The predicted molar refractivity (Wildman–Crippen MR) is 256 cm³/mol. The maximum Gasteiger partial charge on any atom is 0.416 e. The van der Waals surface area contributed by atoms with Crippen molar-refractivity contribution in [1.29, 1.82) is 0 Å². The molecule has 15 nitrogen and oxygen atoms in total. The highest BCUT2D eigenvalue weighted by Crippen LogP contribution is 2.62. The van der Waals surface area contributed by atoms with Crippen LogP contribution in [0.4, 0.5) is 19.7 Å². The Balaban J connectivity index is 1.43. The number of unbranched alkanes of at least 4 members (excludes halogenated alkanes) is 2. The molecular formula is C53H61FN4O11. The number of carbonyl (C=O) groups is 2. The number of nitrogens with one attached hydrogen (secondary N) is 1. The zero-order valence-corrected chi connectivity index (χ0v) is 39.3. The van der Waals surface area contributed by atoms with Gasteiger partial charge in [-0.25, -0.2) is 14.0 Å². The number of fused-ring (bicyclic) bond motifs is 2. The van der Waals surface area contributed by atoms with E-state index in [4.69, 9.17) is 28.9 Å². The minimum absolute atomic E-state index is 0.00249. The monoisotopic (exact) mass is 948 g/mol. The summed E-state index contributed by atoms with van der Waals surface area (Å²) in [5.41, 5.74) is 2.56. The summed E-state index contributed by atoms with van der Waals surface area (Å²) < 4.78 is 40.8. The normalized spacial score (nSPS) is 22.0. The number of hydrogen-bond donors (Lipinski definition) is 3.